The first-order chi connectivity index (χ1) is 6.99. The molecule has 0 aromatic carbocycles. The number of carbonyl (C=O) groups excluding carboxylic acids is 1. The van der Waals surface area contributed by atoms with E-state index in [0.717, 1.165) is 13.3 Å². The summed E-state index contributed by atoms with van der Waals surface area (Å²) in [6.07, 6.45) is -1.76. The third kappa shape index (κ3) is 2.54. The average molecular weight is 347 g/mol. The second kappa shape index (κ2) is 5.02. The van der Waals surface area contributed by atoms with Gasteiger partial charge in [0.25, 0.3) is 6.43 Å². The summed E-state index contributed by atoms with van der Waals surface area (Å²) in [5.41, 5.74) is -0.816. The van der Waals surface area contributed by atoms with Crippen LogP contribution in [0.2, 0.25) is 5.02 Å². The number of methoxy groups -OCH3 is 1. The molecule has 0 N–H and O–H groups in total. The molecule has 1 aromatic heterocycles. The van der Waals surface area contributed by atoms with E-state index in [1.807, 2.05) is 0 Å². The van der Waals surface area contributed by atoms with Crippen molar-refractivity contribution in [3.8, 4) is 0 Å². The molecule has 0 fully saturated rings. The van der Waals surface area contributed by atoms with Crippen molar-refractivity contribution in [3.63, 3.8) is 0 Å². The van der Waals surface area contributed by atoms with Gasteiger partial charge >= 0.3 is 5.97 Å². The molecule has 1 rings (SSSR count). The van der Waals surface area contributed by atoms with Crippen LogP contribution in [0.4, 0.5) is 8.78 Å². The molecule has 0 saturated carbocycles. The molecule has 0 radical (unpaired) electrons. The lowest BCUT2D eigenvalue weighted by Gasteiger charge is -2.09. The first-order valence-electron chi connectivity index (χ1n) is 3.69. The van der Waals surface area contributed by atoms with Crippen LogP contribution in [0.1, 0.15) is 22.3 Å². The number of alkyl halides is 2. The molecule has 0 atom stereocenters. The maximum Gasteiger partial charge on any atom is 0.341 e. The number of pyridine rings is 1. The quantitative estimate of drug-likeness (QED) is 0.469. The minimum atomic E-state index is -2.84. The SMILES string of the molecule is COC(=O)c1c(I)ncc(Cl)c1C(F)F. The molecule has 0 aliphatic rings. The van der Waals surface area contributed by atoms with Gasteiger partial charge in [0.15, 0.2) is 0 Å². The summed E-state index contributed by atoms with van der Waals surface area (Å²) in [7, 11) is 1.11. The van der Waals surface area contributed by atoms with Gasteiger partial charge in [-0.15, -0.1) is 0 Å². The third-order valence-electron chi connectivity index (χ3n) is 1.63. The normalized spacial score (nSPS) is 10.5. The van der Waals surface area contributed by atoms with Gasteiger partial charge in [-0.05, 0) is 22.6 Å². The average Bonchev–Trinajstić information content (AvgIpc) is 2.19. The minimum absolute atomic E-state index is 0.138. The number of halogens is 4. The molecular formula is C8H5ClF2INO2. The van der Waals surface area contributed by atoms with Gasteiger partial charge in [-0.25, -0.2) is 18.6 Å². The van der Waals surface area contributed by atoms with E-state index >= 15 is 0 Å². The van der Waals surface area contributed by atoms with Crippen LogP contribution in [0.5, 0.6) is 0 Å². The van der Waals surface area contributed by atoms with E-state index < -0.39 is 18.0 Å². The Morgan fingerprint density at radius 1 is 1.67 bits per heavy atom. The maximum atomic E-state index is 12.6. The van der Waals surface area contributed by atoms with Crippen molar-refractivity contribution in [2.24, 2.45) is 0 Å². The highest BCUT2D eigenvalue weighted by Gasteiger charge is 2.25. The van der Waals surface area contributed by atoms with Gasteiger partial charge in [-0.3, -0.25) is 0 Å². The fraction of sp³-hybridized carbons (Fsp3) is 0.250. The molecule has 0 saturated heterocycles. The van der Waals surface area contributed by atoms with Crippen LogP contribution >= 0.6 is 34.2 Å². The number of nitrogens with zero attached hydrogens (tertiary/aromatic N) is 1. The van der Waals surface area contributed by atoms with Crippen LogP contribution in [-0.4, -0.2) is 18.1 Å². The molecule has 1 heterocycles. The van der Waals surface area contributed by atoms with Crippen LogP contribution < -0.4 is 0 Å². The summed E-state index contributed by atoms with van der Waals surface area (Å²) < 4.78 is 29.8. The predicted octanol–water partition coefficient (Wildman–Crippen LogP) is 3.06. The van der Waals surface area contributed by atoms with Crippen LogP contribution in [0.15, 0.2) is 6.20 Å². The van der Waals surface area contributed by atoms with E-state index in [1.165, 1.54) is 0 Å². The molecular weight excluding hydrogens is 342 g/mol. The highest BCUT2D eigenvalue weighted by Crippen LogP contribution is 2.32. The van der Waals surface area contributed by atoms with Crippen LogP contribution in [0.25, 0.3) is 0 Å². The third-order valence-corrected chi connectivity index (χ3v) is 2.75. The zero-order valence-electron chi connectivity index (χ0n) is 7.43. The summed E-state index contributed by atoms with van der Waals surface area (Å²) >= 11 is 7.21. The van der Waals surface area contributed by atoms with Gasteiger partial charge in [0, 0.05) is 6.20 Å². The Bertz CT molecular complexity index is 400. The van der Waals surface area contributed by atoms with Gasteiger partial charge in [0.2, 0.25) is 0 Å². The van der Waals surface area contributed by atoms with Crippen molar-refractivity contribution in [3.05, 3.63) is 26.0 Å². The first-order valence-corrected chi connectivity index (χ1v) is 5.15. The fourth-order valence-electron chi connectivity index (χ4n) is 0.988. The van der Waals surface area contributed by atoms with E-state index in [9.17, 15) is 13.6 Å². The molecule has 82 valence electrons. The Balaban J connectivity index is 3.45. The number of rotatable bonds is 2. The summed E-state index contributed by atoms with van der Waals surface area (Å²) in [5, 5.41) is -0.245. The molecule has 0 unspecified atom stereocenters. The monoisotopic (exact) mass is 347 g/mol. The first kappa shape index (κ1) is 12.6. The molecule has 3 nitrogen and oxygen atoms in total. The zero-order valence-corrected chi connectivity index (χ0v) is 10.3. The Hall–Kier alpha value is -0.500. The molecule has 0 aliphatic heterocycles. The second-order valence-corrected chi connectivity index (χ2v) is 3.91. The summed E-state index contributed by atoms with van der Waals surface area (Å²) in [4.78, 5) is 15.0. The highest BCUT2D eigenvalue weighted by molar-refractivity contribution is 14.1. The topological polar surface area (TPSA) is 39.2 Å². The van der Waals surface area contributed by atoms with E-state index in [1.54, 1.807) is 22.6 Å². The molecule has 0 amide bonds. The molecule has 0 spiro atoms. The standard InChI is InChI=1S/C8H5ClF2INO2/c1-15-8(14)5-4(6(10)11)3(9)2-13-7(5)12/h2,6H,1H3. The number of aromatic nitrogens is 1. The Labute approximate surface area is 103 Å². The van der Waals surface area contributed by atoms with Crippen molar-refractivity contribution < 1.29 is 18.3 Å². The van der Waals surface area contributed by atoms with Crippen LogP contribution in [0.3, 0.4) is 0 Å². The fourth-order valence-corrected chi connectivity index (χ4v) is 1.86. The molecule has 1 aromatic rings. The minimum Gasteiger partial charge on any atom is -0.465 e. The van der Waals surface area contributed by atoms with Crippen molar-refractivity contribution in [2.75, 3.05) is 7.11 Å². The number of ether oxygens (including phenoxy) is 1. The van der Waals surface area contributed by atoms with E-state index in [2.05, 4.69) is 9.72 Å². The Morgan fingerprint density at radius 3 is 2.73 bits per heavy atom. The molecule has 15 heavy (non-hydrogen) atoms. The molecule has 0 bridgehead atoms. The lowest BCUT2D eigenvalue weighted by atomic mass is 10.1. The summed E-state index contributed by atoms with van der Waals surface area (Å²) in [6.45, 7) is 0. The van der Waals surface area contributed by atoms with Crippen molar-refractivity contribution in [2.45, 2.75) is 6.43 Å². The van der Waals surface area contributed by atoms with Crippen molar-refractivity contribution >= 4 is 40.2 Å². The molecule has 7 heteroatoms. The van der Waals surface area contributed by atoms with Gasteiger partial charge in [-0.1, -0.05) is 11.6 Å². The number of esters is 1. The summed E-state index contributed by atoms with van der Waals surface area (Å²) in [6, 6.07) is 0. The van der Waals surface area contributed by atoms with Crippen molar-refractivity contribution in [1.82, 2.24) is 4.98 Å². The predicted molar refractivity (Wildman–Crippen MR) is 58.3 cm³/mol. The van der Waals surface area contributed by atoms with Gasteiger partial charge < -0.3 is 4.74 Å². The summed E-state index contributed by atoms with van der Waals surface area (Å²) in [5.74, 6) is -0.871. The molecule has 0 aliphatic carbocycles. The lowest BCUT2D eigenvalue weighted by Crippen LogP contribution is -2.10. The van der Waals surface area contributed by atoms with E-state index in [0.29, 0.717) is 0 Å². The zero-order chi connectivity index (χ0) is 11.6. The van der Waals surface area contributed by atoms with Crippen molar-refractivity contribution in [1.29, 1.82) is 0 Å². The maximum absolute atomic E-state index is 12.6. The van der Waals surface area contributed by atoms with Crippen LogP contribution in [-0.2, 0) is 4.74 Å². The van der Waals surface area contributed by atoms with Gasteiger partial charge in [-0.2, -0.15) is 0 Å². The Morgan fingerprint density at radius 2 is 2.27 bits per heavy atom. The second-order valence-electron chi connectivity index (χ2n) is 2.48. The van der Waals surface area contributed by atoms with E-state index in [-0.39, 0.29) is 14.3 Å². The van der Waals surface area contributed by atoms with Gasteiger partial charge in [0.1, 0.15) is 9.26 Å². The van der Waals surface area contributed by atoms with Crippen LogP contribution in [0, 0.1) is 3.70 Å². The highest BCUT2D eigenvalue weighted by atomic mass is 127. The number of carbonyl (C=O) groups is 1. The lowest BCUT2D eigenvalue weighted by molar-refractivity contribution is 0.0587. The number of hydrogen-bond donors (Lipinski definition) is 0. The Kier molecular flexibility index (Phi) is 4.21. The van der Waals surface area contributed by atoms with E-state index in [4.69, 9.17) is 11.6 Å². The number of hydrogen-bond acceptors (Lipinski definition) is 3. The smallest absolute Gasteiger partial charge is 0.341 e. The largest absolute Gasteiger partial charge is 0.465 e. The van der Waals surface area contributed by atoms with Gasteiger partial charge in [0.05, 0.1) is 17.7 Å².